The summed E-state index contributed by atoms with van der Waals surface area (Å²) >= 11 is 0. The quantitative estimate of drug-likeness (QED) is 0.0575. The fourth-order valence-corrected chi connectivity index (χ4v) is 10.8. The number of ketones is 3. The van der Waals surface area contributed by atoms with Crippen molar-refractivity contribution in [3.05, 3.63) is 47.6 Å². The fraction of sp³-hybridized carbons (Fsp3) is 0.719. The summed E-state index contributed by atoms with van der Waals surface area (Å²) in [7, 11) is 4.24. The highest BCUT2D eigenvalue weighted by Crippen LogP contribution is 2.37. The lowest BCUT2D eigenvalue weighted by Gasteiger charge is -2.43. The van der Waals surface area contributed by atoms with Gasteiger partial charge in [-0.1, -0.05) is 69.7 Å². The number of ether oxygens (including phenoxy) is 6. The molecule has 2 bridgehead atoms. The van der Waals surface area contributed by atoms with Crippen molar-refractivity contribution in [1.82, 2.24) is 10.2 Å². The van der Waals surface area contributed by atoms with Gasteiger partial charge in [-0.25, -0.2) is 9.59 Å². The number of cyclic esters (lactones) is 1. The predicted octanol–water partition coefficient (Wildman–Crippen LogP) is 6.41. The number of nitrogens with two attached hydrogens (primary N) is 1. The van der Waals surface area contributed by atoms with Crippen molar-refractivity contribution in [3.63, 3.8) is 0 Å². The van der Waals surface area contributed by atoms with Gasteiger partial charge in [0.15, 0.2) is 5.78 Å². The zero-order valence-corrected chi connectivity index (χ0v) is 45.5. The predicted molar refractivity (Wildman–Crippen MR) is 279 cm³/mol. The molecule has 2 saturated heterocycles. The number of terminal acetylenes is 1. The molecular formula is C57H87N3O14. The molecule has 1 unspecified atom stereocenters. The number of rotatable bonds is 11. The number of nitrogens with one attached hydrogen (secondary N) is 1. The number of methoxy groups -OCH3 is 3. The number of aliphatic hydroxyl groups is 2. The van der Waals surface area contributed by atoms with E-state index in [0.29, 0.717) is 75.5 Å². The van der Waals surface area contributed by atoms with Crippen LogP contribution in [-0.2, 0) is 52.4 Å². The van der Waals surface area contributed by atoms with Crippen LogP contribution in [0.2, 0.25) is 0 Å². The summed E-state index contributed by atoms with van der Waals surface area (Å²) in [5.74, 6) is -5.85. The van der Waals surface area contributed by atoms with Crippen LogP contribution in [-0.4, -0.2) is 145 Å². The van der Waals surface area contributed by atoms with Gasteiger partial charge in [0.1, 0.15) is 30.1 Å². The number of unbranched alkanes of at least 4 members (excludes halogenated alkanes) is 2. The van der Waals surface area contributed by atoms with Gasteiger partial charge in [0.2, 0.25) is 5.79 Å². The number of Topliss-reactive ketones (excluding diaryl/α,β-unsaturated/α-hetero) is 3. The highest BCUT2D eigenvalue weighted by molar-refractivity contribution is 6.39. The maximum absolute atomic E-state index is 14.5. The third-order valence-electron chi connectivity index (χ3n) is 15.5. The van der Waals surface area contributed by atoms with Crippen molar-refractivity contribution in [2.45, 2.75) is 198 Å². The van der Waals surface area contributed by atoms with Gasteiger partial charge in [-0.05, 0) is 115 Å². The summed E-state index contributed by atoms with van der Waals surface area (Å²) in [6.07, 6.45) is 17.6. The van der Waals surface area contributed by atoms with Gasteiger partial charge in [0.05, 0.1) is 31.5 Å². The molecule has 0 aromatic heterocycles. The Hall–Kier alpha value is -4.54. The lowest BCUT2D eigenvalue weighted by atomic mass is 9.80. The number of alkyl carbamates (subject to hydrolysis) is 1. The topological polar surface area (TPSA) is 240 Å². The third-order valence-corrected chi connectivity index (χ3v) is 15.5. The van der Waals surface area contributed by atoms with Crippen molar-refractivity contribution in [2.75, 3.05) is 34.5 Å². The summed E-state index contributed by atoms with van der Waals surface area (Å²) < 4.78 is 35.0. The number of piperidine rings is 1. The van der Waals surface area contributed by atoms with Crippen molar-refractivity contribution in [3.8, 4) is 12.3 Å². The number of carbonyl (C=O) groups excluding carboxylic acids is 6. The number of fused-ring (bicyclic) bond motifs is 3. The largest absolute Gasteiger partial charge is 0.459 e. The van der Waals surface area contributed by atoms with E-state index >= 15 is 0 Å². The Morgan fingerprint density at radius 3 is 2.36 bits per heavy atom. The van der Waals surface area contributed by atoms with Gasteiger partial charge in [0, 0.05) is 64.0 Å². The zero-order valence-electron chi connectivity index (χ0n) is 45.5. The summed E-state index contributed by atoms with van der Waals surface area (Å²) in [4.78, 5) is 85.0. The van der Waals surface area contributed by atoms with Crippen LogP contribution in [0.3, 0.4) is 0 Å². The van der Waals surface area contributed by atoms with Crippen LogP contribution >= 0.6 is 0 Å². The van der Waals surface area contributed by atoms with Gasteiger partial charge < -0.3 is 54.6 Å². The van der Waals surface area contributed by atoms with Crippen molar-refractivity contribution in [2.24, 2.45) is 35.3 Å². The van der Waals surface area contributed by atoms with Gasteiger partial charge in [-0.3, -0.25) is 19.2 Å². The monoisotopic (exact) mass is 1040 g/mol. The second-order valence-electron chi connectivity index (χ2n) is 21.2. The molecule has 414 valence electrons. The number of hydrogen-bond acceptors (Lipinski definition) is 15. The molecule has 3 heterocycles. The first-order valence-corrected chi connectivity index (χ1v) is 26.8. The molecule has 15 atom stereocenters. The number of esters is 1. The van der Waals surface area contributed by atoms with E-state index in [0.717, 1.165) is 24.2 Å². The first kappa shape index (κ1) is 62.0. The Morgan fingerprint density at radius 1 is 0.932 bits per heavy atom. The molecule has 74 heavy (non-hydrogen) atoms. The van der Waals surface area contributed by atoms with E-state index < -0.39 is 89.8 Å². The van der Waals surface area contributed by atoms with Crippen LogP contribution in [0.15, 0.2) is 47.6 Å². The molecule has 0 aromatic carbocycles. The molecule has 2 amide bonds. The fourth-order valence-electron chi connectivity index (χ4n) is 10.8. The Labute approximate surface area is 439 Å². The Balaban J connectivity index is 1.70. The van der Waals surface area contributed by atoms with E-state index in [4.69, 9.17) is 40.6 Å². The van der Waals surface area contributed by atoms with Crippen LogP contribution < -0.4 is 11.1 Å². The molecular weight excluding hydrogens is 951 g/mol. The molecule has 0 spiro atoms. The number of carbonyl (C=O) groups is 6. The van der Waals surface area contributed by atoms with Crippen LogP contribution in [0.5, 0.6) is 0 Å². The molecule has 1 aliphatic carbocycles. The molecule has 17 heteroatoms. The van der Waals surface area contributed by atoms with Gasteiger partial charge in [-0.15, -0.1) is 12.3 Å². The molecule has 0 aromatic rings. The van der Waals surface area contributed by atoms with E-state index in [1.54, 1.807) is 53.0 Å². The average molecular weight is 1040 g/mol. The van der Waals surface area contributed by atoms with E-state index in [1.807, 2.05) is 32.1 Å². The summed E-state index contributed by atoms with van der Waals surface area (Å²) in [6.45, 7) is 11.0. The van der Waals surface area contributed by atoms with E-state index in [-0.39, 0.29) is 61.4 Å². The summed E-state index contributed by atoms with van der Waals surface area (Å²) in [5, 5.41) is 26.4. The van der Waals surface area contributed by atoms with E-state index in [2.05, 4.69) is 11.2 Å². The average Bonchev–Trinajstić information content (AvgIpc) is 3.38. The lowest BCUT2D eigenvalue weighted by Crippen LogP contribution is -2.61. The molecule has 1 saturated carbocycles. The molecule has 0 radical (unpaired) electrons. The Bertz CT molecular complexity index is 2060. The lowest BCUT2D eigenvalue weighted by molar-refractivity contribution is -0.264. The number of nitrogens with zero attached hydrogens (tertiary/aromatic N) is 1. The minimum atomic E-state index is -2.55. The Kier molecular flexibility index (Phi) is 25.4. The Morgan fingerprint density at radius 2 is 1.68 bits per heavy atom. The summed E-state index contributed by atoms with van der Waals surface area (Å²) in [6, 6.07) is -2.74. The van der Waals surface area contributed by atoms with Crippen molar-refractivity contribution < 1.29 is 67.4 Å². The molecule has 5 N–H and O–H groups in total. The van der Waals surface area contributed by atoms with Gasteiger partial charge >= 0.3 is 12.1 Å². The molecule has 4 aliphatic rings. The maximum atomic E-state index is 14.5. The van der Waals surface area contributed by atoms with Crippen LogP contribution in [0.4, 0.5) is 4.79 Å². The smallest absolute Gasteiger partial charge is 0.407 e. The van der Waals surface area contributed by atoms with Crippen LogP contribution in [0, 0.1) is 41.9 Å². The minimum absolute atomic E-state index is 0.0193. The standard InChI is InChI=1S/C57H87N3O14/c1-11-12-13-19-28-72-47-26-24-41(32-49(47)69-8)31-43(58)48-34-46(61)37(4)30-39(6)51(63)52(70-9)50(62)38(5)29-35(2)20-15-14-16-21-36(3)44(59-56(67)71-10)33-42-25-23-40(7)57(68,74-42)53(64)54(65)60-27-18-17-22-45(60)55(66)73-48/h1,14-16,20-21,30,35,37-38,40-45,47-49,51-52,63,68H,12-13,17-19,22-29,31-34,58H2,2-10H3,(H,59,67)/b16-14+,20-15+,36-21+,39-30+/t35-,37-,38-,40-,41+,42+,43-,44?,45+,47-,48+,49-,51-,52+,57-/m1/s1. The number of aliphatic hydroxyl groups excluding tert-OH is 1. The van der Waals surface area contributed by atoms with Crippen molar-refractivity contribution in [1.29, 1.82) is 0 Å². The third kappa shape index (κ3) is 17.5. The number of amides is 2. The maximum Gasteiger partial charge on any atom is 0.407 e. The minimum Gasteiger partial charge on any atom is -0.459 e. The molecule has 3 aliphatic heterocycles. The van der Waals surface area contributed by atoms with E-state index in [9.17, 15) is 39.0 Å². The molecule has 17 nitrogen and oxygen atoms in total. The summed E-state index contributed by atoms with van der Waals surface area (Å²) in [5.41, 5.74) is 8.03. The first-order valence-electron chi connectivity index (χ1n) is 26.8. The second-order valence-corrected chi connectivity index (χ2v) is 21.2. The van der Waals surface area contributed by atoms with Crippen LogP contribution in [0.25, 0.3) is 0 Å². The first-order chi connectivity index (χ1) is 35.2. The van der Waals surface area contributed by atoms with Gasteiger partial charge in [-0.2, -0.15) is 0 Å². The highest BCUT2D eigenvalue weighted by Gasteiger charge is 2.53. The van der Waals surface area contributed by atoms with Gasteiger partial charge in [0.25, 0.3) is 11.7 Å². The molecule has 4 rings (SSSR count). The normalized spacial score (nSPS) is 36.7. The number of allylic oxidation sites excluding steroid dienone is 6. The molecule has 3 fully saturated rings. The number of hydrogen-bond donors (Lipinski definition) is 4. The SMILES string of the molecule is C#CCCCCO[C@@H]1CC[C@@H](C[C@@H](N)[C@@H]2CC(=O)[C@H](C)/C=C(\C)[C@@H](O)[C@@H](OC)C(=O)[C@H](C)C[C@H](C)/C=C/C=C/C=C(\C)C(NC(=O)OC)C[C@@H]3CC[C@@H](C)[C@@](O)(O3)C(=O)C(=O)N3CCCC[C@H]3C(=O)O2)C[C@H]1OC. The van der Waals surface area contributed by atoms with Crippen molar-refractivity contribution >= 4 is 35.3 Å². The highest BCUT2D eigenvalue weighted by atomic mass is 16.6. The second kappa shape index (κ2) is 30.3. The van der Waals surface area contributed by atoms with E-state index in [1.165, 1.54) is 14.2 Å². The zero-order chi connectivity index (χ0) is 54.7. The van der Waals surface area contributed by atoms with Crippen LogP contribution in [0.1, 0.15) is 138 Å².